The molecule has 1 aliphatic rings. The van der Waals surface area contributed by atoms with Crippen molar-refractivity contribution in [2.45, 2.75) is 12.8 Å². The van der Waals surface area contributed by atoms with E-state index in [-0.39, 0.29) is 24.9 Å². The van der Waals surface area contributed by atoms with Gasteiger partial charge < -0.3 is 15.7 Å². The molecule has 0 spiro atoms. The molecule has 6 nitrogen and oxygen atoms in total. The summed E-state index contributed by atoms with van der Waals surface area (Å²) in [5.74, 6) is -1.60. The molecule has 1 fully saturated rings. The Kier molecular flexibility index (Phi) is 4.02. The SMILES string of the molecule is O=C(CNC(=O)c1ccccc1)NCC1(C(=O)O)CC1. The zero-order chi connectivity index (χ0) is 14.6. The standard InChI is InChI=1S/C14H16N2O4/c17-11(16-9-14(6-7-14)13(19)20)8-15-12(18)10-4-2-1-3-5-10/h1-5H,6-9H2,(H,15,18)(H,16,17)(H,19,20). The van der Waals surface area contributed by atoms with Crippen LogP contribution in [0.1, 0.15) is 23.2 Å². The fourth-order valence-electron chi connectivity index (χ4n) is 1.80. The van der Waals surface area contributed by atoms with E-state index >= 15 is 0 Å². The van der Waals surface area contributed by atoms with Gasteiger partial charge in [-0.25, -0.2) is 0 Å². The molecule has 0 aromatic heterocycles. The topological polar surface area (TPSA) is 95.5 Å². The Morgan fingerprint density at radius 3 is 2.30 bits per heavy atom. The van der Waals surface area contributed by atoms with Crippen molar-refractivity contribution in [1.29, 1.82) is 0 Å². The van der Waals surface area contributed by atoms with Crippen LogP contribution in [0.4, 0.5) is 0 Å². The van der Waals surface area contributed by atoms with E-state index < -0.39 is 11.4 Å². The van der Waals surface area contributed by atoms with Crippen molar-refractivity contribution in [3.05, 3.63) is 35.9 Å². The largest absolute Gasteiger partial charge is 0.481 e. The van der Waals surface area contributed by atoms with Crippen LogP contribution in [0, 0.1) is 5.41 Å². The summed E-state index contributed by atoms with van der Waals surface area (Å²) in [6, 6.07) is 8.57. The lowest BCUT2D eigenvalue weighted by Crippen LogP contribution is -2.40. The summed E-state index contributed by atoms with van der Waals surface area (Å²) in [6.45, 7) is -0.0498. The van der Waals surface area contributed by atoms with Crippen LogP contribution in [-0.2, 0) is 9.59 Å². The number of benzene rings is 1. The molecule has 0 unspecified atom stereocenters. The summed E-state index contributed by atoms with van der Waals surface area (Å²) >= 11 is 0. The Morgan fingerprint density at radius 2 is 1.75 bits per heavy atom. The normalized spacial score (nSPS) is 15.2. The highest BCUT2D eigenvalue weighted by Gasteiger charge is 2.50. The lowest BCUT2D eigenvalue weighted by atomic mass is 10.1. The number of carbonyl (C=O) groups excluding carboxylic acids is 2. The Balaban J connectivity index is 1.73. The number of carbonyl (C=O) groups is 3. The van der Waals surface area contributed by atoms with E-state index in [0.29, 0.717) is 18.4 Å². The summed E-state index contributed by atoms with van der Waals surface area (Å²) in [6.07, 6.45) is 1.16. The van der Waals surface area contributed by atoms with Crippen LogP contribution in [0.25, 0.3) is 0 Å². The third-order valence-corrected chi connectivity index (χ3v) is 3.38. The highest BCUT2D eigenvalue weighted by atomic mass is 16.4. The van der Waals surface area contributed by atoms with Crippen LogP contribution >= 0.6 is 0 Å². The second-order valence-electron chi connectivity index (χ2n) is 4.91. The van der Waals surface area contributed by atoms with Gasteiger partial charge in [-0.2, -0.15) is 0 Å². The van der Waals surface area contributed by atoms with E-state index in [2.05, 4.69) is 10.6 Å². The lowest BCUT2D eigenvalue weighted by molar-refractivity contribution is -0.143. The Labute approximate surface area is 116 Å². The van der Waals surface area contributed by atoms with Crippen LogP contribution in [0.2, 0.25) is 0 Å². The van der Waals surface area contributed by atoms with E-state index in [4.69, 9.17) is 5.11 Å². The van der Waals surface area contributed by atoms with Gasteiger partial charge in [-0.3, -0.25) is 14.4 Å². The Hall–Kier alpha value is -2.37. The first-order valence-electron chi connectivity index (χ1n) is 6.37. The molecule has 0 heterocycles. The van der Waals surface area contributed by atoms with Gasteiger partial charge in [-0.05, 0) is 25.0 Å². The first-order chi connectivity index (χ1) is 9.53. The summed E-state index contributed by atoms with van der Waals surface area (Å²) < 4.78 is 0. The van der Waals surface area contributed by atoms with Gasteiger partial charge in [0.05, 0.1) is 12.0 Å². The van der Waals surface area contributed by atoms with E-state index in [9.17, 15) is 14.4 Å². The molecular weight excluding hydrogens is 260 g/mol. The first kappa shape index (κ1) is 14.0. The maximum absolute atomic E-state index is 11.7. The first-order valence-corrected chi connectivity index (χ1v) is 6.37. The molecule has 3 N–H and O–H groups in total. The molecule has 1 aliphatic carbocycles. The van der Waals surface area contributed by atoms with Crippen LogP contribution in [0.5, 0.6) is 0 Å². The van der Waals surface area contributed by atoms with Crippen molar-refractivity contribution >= 4 is 17.8 Å². The van der Waals surface area contributed by atoms with E-state index in [1.807, 2.05) is 0 Å². The highest BCUT2D eigenvalue weighted by Crippen LogP contribution is 2.45. The third kappa shape index (κ3) is 3.34. The molecule has 1 aromatic rings. The molecule has 2 amide bonds. The van der Waals surface area contributed by atoms with Crippen LogP contribution in [0.3, 0.4) is 0 Å². The van der Waals surface area contributed by atoms with Crippen LogP contribution in [0.15, 0.2) is 30.3 Å². The number of carboxylic acid groups (broad SMARTS) is 1. The number of hydrogen-bond donors (Lipinski definition) is 3. The van der Waals surface area contributed by atoms with Gasteiger partial charge in [-0.1, -0.05) is 18.2 Å². The van der Waals surface area contributed by atoms with E-state index in [1.165, 1.54) is 0 Å². The van der Waals surface area contributed by atoms with Crippen LogP contribution < -0.4 is 10.6 Å². The maximum atomic E-state index is 11.7. The number of carboxylic acids is 1. The number of amides is 2. The molecular formula is C14H16N2O4. The monoisotopic (exact) mass is 276 g/mol. The molecule has 0 radical (unpaired) electrons. The van der Waals surface area contributed by atoms with Crippen molar-refractivity contribution in [3.8, 4) is 0 Å². The summed E-state index contributed by atoms with van der Waals surface area (Å²) in [4.78, 5) is 34.2. The minimum absolute atomic E-state index is 0.113. The fraction of sp³-hybridized carbons (Fsp3) is 0.357. The van der Waals surface area contributed by atoms with Crippen LogP contribution in [-0.4, -0.2) is 36.0 Å². The molecule has 2 rings (SSSR count). The van der Waals surface area contributed by atoms with Gasteiger partial charge in [-0.15, -0.1) is 0 Å². The molecule has 0 saturated heterocycles. The minimum Gasteiger partial charge on any atom is -0.481 e. The van der Waals surface area contributed by atoms with Gasteiger partial charge in [0, 0.05) is 12.1 Å². The van der Waals surface area contributed by atoms with Crippen molar-refractivity contribution in [2.24, 2.45) is 5.41 Å². The zero-order valence-corrected chi connectivity index (χ0v) is 10.9. The third-order valence-electron chi connectivity index (χ3n) is 3.38. The molecule has 0 bridgehead atoms. The molecule has 106 valence electrons. The van der Waals surface area contributed by atoms with Crippen molar-refractivity contribution in [2.75, 3.05) is 13.1 Å². The average Bonchev–Trinajstić information content (AvgIpc) is 3.25. The second-order valence-corrected chi connectivity index (χ2v) is 4.91. The van der Waals surface area contributed by atoms with Gasteiger partial charge in [0.2, 0.25) is 5.91 Å². The van der Waals surface area contributed by atoms with Gasteiger partial charge in [0.25, 0.3) is 5.91 Å². The summed E-state index contributed by atoms with van der Waals surface area (Å²) in [7, 11) is 0. The Bertz CT molecular complexity index is 523. The summed E-state index contributed by atoms with van der Waals surface area (Å²) in [5.41, 5.74) is -0.316. The fourth-order valence-corrected chi connectivity index (χ4v) is 1.80. The predicted molar refractivity (Wildman–Crippen MR) is 71.1 cm³/mol. The smallest absolute Gasteiger partial charge is 0.311 e. The summed E-state index contributed by atoms with van der Waals surface area (Å²) in [5, 5.41) is 14.0. The van der Waals surface area contributed by atoms with Crippen molar-refractivity contribution in [3.63, 3.8) is 0 Å². The van der Waals surface area contributed by atoms with E-state index in [0.717, 1.165) is 0 Å². The van der Waals surface area contributed by atoms with Crippen molar-refractivity contribution < 1.29 is 19.5 Å². The molecule has 0 atom stereocenters. The average molecular weight is 276 g/mol. The highest BCUT2D eigenvalue weighted by molar-refractivity contribution is 5.96. The quantitative estimate of drug-likeness (QED) is 0.700. The number of hydrogen-bond acceptors (Lipinski definition) is 3. The lowest BCUT2D eigenvalue weighted by Gasteiger charge is -2.11. The molecule has 20 heavy (non-hydrogen) atoms. The number of nitrogens with one attached hydrogen (secondary N) is 2. The molecule has 1 saturated carbocycles. The number of rotatable bonds is 6. The minimum atomic E-state index is -0.883. The maximum Gasteiger partial charge on any atom is 0.311 e. The molecule has 6 heteroatoms. The molecule has 1 aromatic carbocycles. The zero-order valence-electron chi connectivity index (χ0n) is 10.9. The van der Waals surface area contributed by atoms with Gasteiger partial charge in [0.15, 0.2) is 0 Å². The van der Waals surface area contributed by atoms with Crippen molar-refractivity contribution in [1.82, 2.24) is 10.6 Å². The predicted octanol–water partition coefficient (Wildman–Crippen LogP) is 0.397. The second kappa shape index (κ2) is 5.73. The Morgan fingerprint density at radius 1 is 1.10 bits per heavy atom. The van der Waals surface area contributed by atoms with Gasteiger partial charge >= 0.3 is 5.97 Å². The van der Waals surface area contributed by atoms with E-state index in [1.54, 1.807) is 30.3 Å². The number of aliphatic carboxylic acids is 1. The molecule has 0 aliphatic heterocycles. The van der Waals surface area contributed by atoms with Gasteiger partial charge in [0.1, 0.15) is 0 Å².